The Kier molecular flexibility index (Phi) is 25.4. The molecule has 2 saturated heterocycles. The number of aliphatic hydroxyl groups is 1. The average molecular weight is 1030 g/mol. The fourth-order valence-electron chi connectivity index (χ4n) is 4.71. The second-order valence-electron chi connectivity index (χ2n) is 15.9. The van der Waals surface area contributed by atoms with Crippen LogP contribution in [-0.2, 0) is 33.2 Å². The van der Waals surface area contributed by atoms with Gasteiger partial charge >= 0.3 is 15.6 Å². The Hall–Kier alpha value is 1.19. The summed E-state index contributed by atoms with van der Waals surface area (Å²) in [6, 6.07) is -0.967. The van der Waals surface area contributed by atoms with Gasteiger partial charge in [0.2, 0.25) is 0 Å². The lowest BCUT2D eigenvalue weighted by Crippen LogP contribution is -2.48. The molecule has 0 amide bonds. The van der Waals surface area contributed by atoms with Crippen LogP contribution in [0.15, 0.2) is 0 Å². The molecule has 0 aromatic rings. The Morgan fingerprint density at radius 1 is 0.788 bits per heavy atom. The highest BCUT2D eigenvalue weighted by Crippen LogP contribution is 2.45. The van der Waals surface area contributed by atoms with Crippen molar-refractivity contribution in [3.05, 3.63) is 0 Å². The molecule has 0 unspecified atom stereocenters. The smallest absolute Gasteiger partial charge is 0.412 e. The number of aliphatic hydroxyl groups excluding tert-OH is 1. The van der Waals surface area contributed by atoms with Crippen LogP contribution < -0.4 is 0 Å². The lowest BCUT2D eigenvalue weighted by molar-refractivity contribution is -0.130. The zero-order valence-electron chi connectivity index (χ0n) is 34.3. The summed E-state index contributed by atoms with van der Waals surface area (Å²) in [5.41, 5.74) is -6.87. The van der Waals surface area contributed by atoms with Crippen molar-refractivity contribution in [2.45, 2.75) is 173 Å². The van der Waals surface area contributed by atoms with Gasteiger partial charge in [-0.05, 0) is 58.0 Å². The second kappa shape index (κ2) is 23.0. The van der Waals surface area contributed by atoms with Crippen LogP contribution in [0.4, 0.5) is 13.2 Å². The van der Waals surface area contributed by atoms with E-state index in [-0.39, 0.29) is 40.7 Å². The predicted octanol–water partition coefficient (Wildman–Crippen LogP) is 8.84. The van der Waals surface area contributed by atoms with Crippen molar-refractivity contribution in [3.63, 3.8) is 0 Å². The Morgan fingerprint density at radius 3 is 1.29 bits per heavy atom. The van der Waals surface area contributed by atoms with E-state index in [2.05, 4.69) is 134 Å². The van der Waals surface area contributed by atoms with E-state index in [1.807, 2.05) is 20.8 Å². The van der Waals surface area contributed by atoms with Crippen molar-refractivity contribution in [3.8, 4) is 0 Å². The summed E-state index contributed by atoms with van der Waals surface area (Å²) in [7, 11) is 2.53. The van der Waals surface area contributed by atoms with E-state index in [0.717, 1.165) is 12.7 Å². The first-order valence-corrected chi connectivity index (χ1v) is 27.9. The fourth-order valence-corrected chi connectivity index (χ4v) is 7.46. The Labute approximate surface area is 346 Å². The van der Waals surface area contributed by atoms with E-state index in [9.17, 15) is 23.1 Å². The number of halogens is 5. The van der Waals surface area contributed by atoms with Gasteiger partial charge in [-0.25, -0.2) is 0 Å². The molecule has 0 bridgehead atoms. The number of carbonyl (C=O) groups excluding carboxylic acids is 1. The summed E-state index contributed by atoms with van der Waals surface area (Å²) >= 11 is 4.58. The molecule has 9 nitrogen and oxygen atoms in total. The van der Waals surface area contributed by atoms with Crippen LogP contribution in [0.3, 0.4) is 0 Å². The first-order valence-electron chi connectivity index (χ1n) is 17.5. The van der Waals surface area contributed by atoms with Crippen LogP contribution in [0, 0.1) is 11.8 Å². The number of carbonyl (C=O) groups is 1. The molecule has 52 heavy (non-hydrogen) atoms. The van der Waals surface area contributed by atoms with Crippen molar-refractivity contribution in [1.29, 1.82) is 0 Å². The van der Waals surface area contributed by atoms with E-state index < -0.39 is 55.5 Å². The molecular formula is C33H67B2F3I2O9SSi2. The zero-order chi connectivity index (χ0) is 42.5. The van der Waals surface area contributed by atoms with E-state index in [1.54, 1.807) is 0 Å². The highest BCUT2D eigenvalue weighted by molar-refractivity contribution is 14.1. The Bertz CT molecular complexity index is 1140. The molecule has 308 valence electrons. The molecular weight excluding hydrogens is 961 g/mol. The first kappa shape index (κ1) is 57.5. The third-order valence-corrected chi connectivity index (χ3v) is 19.9. The van der Waals surface area contributed by atoms with Crippen LogP contribution in [0.1, 0.15) is 95.9 Å². The van der Waals surface area contributed by atoms with Crippen LogP contribution >= 0.6 is 45.2 Å². The largest absolute Gasteiger partial charge is 0.522 e. The predicted molar refractivity (Wildman–Crippen MR) is 230 cm³/mol. The van der Waals surface area contributed by atoms with Gasteiger partial charge in [0.05, 0.1) is 24.4 Å². The summed E-state index contributed by atoms with van der Waals surface area (Å²) in [5.74, 6) is 0.0887. The number of alkyl halides is 5. The second-order valence-corrected chi connectivity index (χ2v) is 29.9. The fraction of sp³-hybridized carbons (Fsp3) is 0.970. The molecule has 2 rings (SSSR count). The molecule has 2 aliphatic rings. The Balaban J connectivity index is -0.000000682. The third kappa shape index (κ3) is 16.6. The number of ether oxygens (including phenoxy) is 2. The van der Waals surface area contributed by atoms with E-state index in [1.165, 1.54) is 8.86 Å². The van der Waals surface area contributed by atoms with E-state index >= 15 is 0 Å². The van der Waals surface area contributed by atoms with Gasteiger partial charge in [-0.3, -0.25) is 4.55 Å². The summed E-state index contributed by atoms with van der Waals surface area (Å²) in [6.45, 7) is 34.3. The molecule has 2 aliphatic heterocycles. The molecule has 0 aromatic carbocycles. The first-order chi connectivity index (χ1) is 23.1. The number of aldehydes is 1. The molecule has 0 aliphatic carbocycles. The molecule has 4 radical (unpaired) electrons. The molecule has 19 heteroatoms. The summed E-state index contributed by atoms with van der Waals surface area (Å²) < 4.78 is 84.4. The highest BCUT2D eigenvalue weighted by atomic mass is 127. The van der Waals surface area contributed by atoms with Crippen LogP contribution in [0.25, 0.3) is 0 Å². The maximum absolute atomic E-state index is 11.4. The molecule has 2 N–H and O–H groups in total. The lowest BCUT2D eigenvalue weighted by Gasteiger charge is -2.40. The minimum absolute atomic E-state index is 0.00424. The normalized spacial score (nSPS) is 29.6. The standard InChI is InChI=1S/C14H29BO3Si.C14H27BO3Si.2C2H5I.CHF3O3S/c2*1-8-14(9-16)10(2)11(12(15)17-14)18-19(6,7)13(3,4)5;2*1-2-3;2-1(3,4)8(5,6)7/h10-12,16H,8-9H2,1-7H3;9-12H,8H2,1-7H3;2*2H2,1H3;(H,5,6,7)/t2*10-,11+,12+,14-;;;/m00.../s1. The van der Waals surface area contributed by atoms with E-state index in [4.69, 9.17) is 47.0 Å². The molecule has 8 atom stereocenters. The van der Waals surface area contributed by atoms with Gasteiger partial charge in [-0.15, -0.1) is 0 Å². The molecule has 2 heterocycles. The maximum atomic E-state index is 11.4. The quantitative estimate of drug-likeness (QED) is 0.0613. The van der Waals surface area contributed by atoms with Gasteiger partial charge in [0, 0.05) is 23.8 Å². The minimum Gasteiger partial charge on any atom is -0.412 e. The van der Waals surface area contributed by atoms with Gasteiger partial charge in [0.25, 0.3) is 0 Å². The van der Waals surface area contributed by atoms with Crippen molar-refractivity contribution in [2.24, 2.45) is 11.8 Å². The van der Waals surface area contributed by atoms with Gasteiger partial charge in [0.15, 0.2) is 22.9 Å². The lowest BCUT2D eigenvalue weighted by atomic mass is 9.82. The van der Waals surface area contributed by atoms with Gasteiger partial charge in [0.1, 0.15) is 21.3 Å². The zero-order valence-corrected chi connectivity index (χ0v) is 41.4. The molecule has 2 fully saturated rings. The highest BCUT2D eigenvalue weighted by Gasteiger charge is 2.54. The topological polar surface area (TPSA) is 129 Å². The molecule has 0 spiro atoms. The number of rotatable bonds is 8. The van der Waals surface area contributed by atoms with Crippen molar-refractivity contribution >= 4 is 93.9 Å². The van der Waals surface area contributed by atoms with Crippen molar-refractivity contribution in [2.75, 3.05) is 15.5 Å². The monoisotopic (exact) mass is 1030 g/mol. The molecule has 0 aromatic heterocycles. The number of hydrogen-bond acceptors (Lipinski definition) is 8. The number of hydrogen-bond donors (Lipinski definition) is 2. The van der Waals surface area contributed by atoms with Gasteiger partial charge in [-0.2, -0.15) is 21.6 Å². The maximum Gasteiger partial charge on any atom is 0.522 e. The Morgan fingerprint density at radius 2 is 1.10 bits per heavy atom. The molecule has 0 saturated carbocycles. The summed E-state index contributed by atoms with van der Waals surface area (Å²) in [4.78, 5) is 11.4. The van der Waals surface area contributed by atoms with Crippen LogP contribution in [0.2, 0.25) is 36.3 Å². The van der Waals surface area contributed by atoms with Gasteiger partial charge in [-0.1, -0.05) is 128 Å². The minimum atomic E-state index is -5.84. The van der Waals surface area contributed by atoms with Crippen LogP contribution in [-0.4, -0.2) is 113 Å². The third-order valence-electron chi connectivity index (χ3n) is 10.3. The van der Waals surface area contributed by atoms with Crippen molar-refractivity contribution < 1.29 is 54.4 Å². The SMILES string of the molecule is CCI.CCI.O=S(=O)(O)C(F)(F)F.[B][C@@H]1O[C@@](CC)(CO)[C@@H](C)[C@H]1O[Si](C)(C)C(C)(C)C.[B][C@@H]1O[C@](C=O)(CC)[C@@H](C)[C@H]1O[Si](C)(C)C(C)(C)C. The van der Waals surface area contributed by atoms with Crippen LogP contribution in [0.5, 0.6) is 0 Å². The van der Waals surface area contributed by atoms with E-state index in [0.29, 0.717) is 6.42 Å². The average Bonchev–Trinajstić information content (AvgIpc) is 3.36. The summed E-state index contributed by atoms with van der Waals surface area (Å²) in [6.07, 6.45) is 1.93. The summed E-state index contributed by atoms with van der Waals surface area (Å²) in [5, 5.41) is 9.91. The van der Waals surface area contributed by atoms with Crippen molar-refractivity contribution in [1.82, 2.24) is 0 Å². The van der Waals surface area contributed by atoms with Gasteiger partial charge < -0.3 is 28.2 Å².